The number of benzene rings is 1. The first-order valence-corrected chi connectivity index (χ1v) is 7.41. The van der Waals surface area contributed by atoms with E-state index in [2.05, 4.69) is 9.98 Å². The van der Waals surface area contributed by atoms with E-state index in [9.17, 15) is 4.79 Å². The van der Waals surface area contributed by atoms with Crippen LogP contribution >= 0.6 is 0 Å². The molecule has 0 atom stereocenters. The number of guanidine groups is 1. The smallest absolute Gasteiger partial charge is 0.297 e. The highest BCUT2D eigenvalue weighted by Crippen LogP contribution is 2.26. The lowest BCUT2D eigenvalue weighted by Crippen LogP contribution is -2.28. The minimum Gasteiger partial charge on any atom is -0.457 e. The van der Waals surface area contributed by atoms with Gasteiger partial charge in [0.25, 0.3) is 5.91 Å². The monoisotopic (exact) mass is 318 g/mol. The third-order valence-electron chi connectivity index (χ3n) is 3.92. The van der Waals surface area contributed by atoms with Crippen LogP contribution in [0.1, 0.15) is 5.76 Å². The molecule has 118 valence electrons. The SMILES string of the molecule is CN1C(N)=NC(=O)/C1=C/c1ccc(-c2cnc3ccccc3c2)o1. The van der Waals surface area contributed by atoms with Gasteiger partial charge in [-0.3, -0.25) is 9.78 Å². The van der Waals surface area contributed by atoms with Crippen molar-refractivity contribution in [3.63, 3.8) is 0 Å². The Bertz CT molecular complexity index is 1020. The van der Waals surface area contributed by atoms with Gasteiger partial charge in [-0.15, -0.1) is 0 Å². The summed E-state index contributed by atoms with van der Waals surface area (Å²) in [5, 5.41) is 1.04. The van der Waals surface area contributed by atoms with Gasteiger partial charge in [0.05, 0.1) is 5.52 Å². The second kappa shape index (κ2) is 5.34. The molecule has 6 heteroatoms. The van der Waals surface area contributed by atoms with Crippen molar-refractivity contribution in [3.05, 3.63) is 60.1 Å². The van der Waals surface area contributed by atoms with Crippen LogP contribution in [-0.2, 0) is 4.79 Å². The Morgan fingerprint density at radius 3 is 2.83 bits per heavy atom. The van der Waals surface area contributed by atoms with Crippen LogP contribution in [-0.4, -0.2) is 28.8 Å². The van der Waals surface area contributed by atoms with Crippen LogP contribution in [0.2, 0.25) is 0 Å². The fourth-order valence-corrected chi connectivity index (χ4v) is 2.59. The lowest BCUT2D eigenvalue weighted by Gasteiger charge is -2.10. The van der Waals surface area contributed by atoms with E-state index in [1.54, 1.807) is 25.4 Å². The number of amides is 1. The molecule has 1 amide bonds. The zero-order valence-electron chi connectivity index (χ0n) is 12.9. The van der Waals surface area contributed by atoms with E-state index in [1.807, 2.05) is 36.4 Å². The second-order valence-electron chi connectivity index (χ2n) is 5.48. The van der Waals surface area contributed by atoms with Crippen LogP contribution in [0, 0.1) is 0 Å². The minimum absolute atomic E-state index is 0.178. The fourth-order valence-electron chi connectivity index (χ4n) is 2.59. The molecule has 0 fully saturated rings. The number of likely N-dealkylation sites (N-methyl/N-ethyl adjacent to an activating group) is 1. The van der Waals surface area contributed by atoms with E-state index < -0.39 is 0 Å². The van der Waals surface area contributed by atoms with E-state index in [4.69, 9.17) is 10.2 Å². The van der Waals surface area contributed by atoms with Crippen molar-refractivity contribution in [1.82, 2.24) is 9.88 Å². The fraction of sp³-hybridized carbons (Fsp3) is 0.0556. The highest BCUT2D eigenvalue weighted by atomic mass is 16.3. The number of pyridine rings is 1. The van der Waals surface area contributed by atoms with Gasteiger partial charge in [0.2, 0.25) is 5.96 Å². The topological polar surface area (TPSA) is 84.7 Å². The predicted molar refractivity (Wildman–Crippen MR) is 91.8 cm³/mol. The Hall–Kier alpha value is -3.41. The number of aromatic nitrogens is 1. The van der Waals surface area contributed by atoms with Crippen molar-refractivity contribution >= 4 is 28.8 Å². The van der Waals surface area contributed by atoms with Crippen molar-refractivity contribution < 1.29 is 9.21 Å². The minimum atomic E-state index is -0.375. The summed E-state index contributed by atoms with van der Waals surface area (Å²) in [5.74, 6) is 1.04. The molecule has 4 rings (SSSR count). The number of aliphatic imine (C=N–C) groups is 1. The number of nitrogens with two attached hydrogens (primary N) is 1. The molecule has 0 radical (unpaired) electrons. The Balaban J connectivity index is 1.68. The normalized spacial score (nSPS) is 16.2. The standard InChI is InChI=1S/C18H14N4O2/c1-22-15(17(23)21-18(22)19)9-13-6-7-16(24-13)12-8-11-4-2-3-5-14(11)20-10-12/h2-10H,1H3,(H2,19,21,23)/b15-9-. The quantitative estimate of drug-likeness (QED) is 0.734. The highest BCUT2D eigenvalue weighted by molar-refractivity contribution is 6.11. The van der Waals surface area contributed by atoms with Gasteiger partial charge >= 0.3 is 0 Å². The molecule has 3 aromatic rings. The summed E-state index contributed by atoms with van der Waals surface area (Å²) >= 11 is 0. The number of hydrogen-bond donors (Lipinski definition) is 1. The van der Waals surface area contributed by atoms with E-state index >= 15 is 0 Å². The maximum absolute atomic E-state index is 11.8. The molecule has 24 heavy (non-hydrogen) atoms. The lowest BCUT2D eigenvalue weighted by atomic mass is 10.1. The molecule has 0 aliphatic carbocycles. The van der Waals surface area contributed by atoms with E-state index in [0.717, 1.165) is 16.5 Å². The Morgan fingerprint density at radius 2 is 2.04 bits per heavy atom. The molecule has 1 aliphatic rings. The zero-order chi connectivity index (χ0) is 16.7. The Kier molecular flexibility index (Phi) is 3.16. The molecule has 1 aliphatic heterocycles. The van der Waals surface area contributed by atoms with Crippen molar-refractivity contribution in [3.8, 4) is 11.3 Å². The summed E-state index contributed by atoms with van der Waals surface area (Å²) in [6.07, 6.45) is 3.40. The number of rotatable bonds is 2. The molecule has 0 saturated carbocycles. The first-order chi connectivity index (χ1) is 11.6. The first kappa shape index (κ1) is 14.2. The van der Waals surface area contributed by atoms with Crippen LogP contribution in [0.15, 0.2) is 63.8 Å². The number of furan rings is 1. The summed E-state index contributed by atoms with van der Waals surface area (Å²) in [5.41, 5.74) is 7.82. The molecule has 2 N–H and O–H groups in total. The maximum Gasteiger partial charge on any atom is 0.297 e. The average molecular weight is 318 g/mol. The van der Waals surface area contributed by atoms with Gasteiger partial charge in [-0.2, -0.15) is 4.99 Å². The zero-order valence-corrected chi connectivity index (χ0v) is 12.9. The predicted octanol–water partition coefficient (Wildman–Crippen LogP) is 2.62. The molecule has 0 bridgehead atoms. The van der Waals surface area contributed by atoms with Gasteiger partial charge in [0, 0.05) is 30.3 Å². The van der Waals surface area contributed by atoms with E-state index in [1.165, 1.54) is 4.90 Å². The first-order valence-electron chi connectivity index (χ1n) is 7.41. The molecule has 3 heterocycles. The average Bonchev–Trinajstić information content (AvgIpc) is 3.15. The largest absolute Gasteiger partial charge is 0.457 e. The number of hydrogen-bond acceptors (Lipinski definition) is 5. The number of nitrogens with zero attached hydrogens (tertiary/aromatic N) is 3. The second-order valence-corrected chi connectivity index (χ2v) is 5.48. The third-order valence-corrected chi connectivity index (χ3v) is 3.92. The van der Waals surface area contributed by atoms with Gasteiger partial charge in [-0.1, -0.05) is 18.2 Å². The van der Waals surface area contributed by atoms with Crippen LogP contribution in [0.3, 0.4) is 0 Å². The number of para-hydroxylation sites is 1. The molecule has 0 unspecified atom stereocenters. The van der Waals surface area contributed by atoms with Crippen LogP contribution in [0.25, 0.3) is 28.3 Å². The molecule has 1 aromatic carbocycles. The number of carbonyl (C=O) groups is 1. The number of fused-ring (bicyclic) bond motifs is 1. The van der Waals surface area contributed by atoms with E-state index in [0.29, 0.717) is 17.2 Å². The van der Waals surface area contributed by atoms with Gasteiger partial charge < -0.3 is 15.1 Å². The summed E-state index contributed by atoms with van der Waals surface area (Å²) in [7, 11) is 1.69. The Morgan fingerprint density at radius 1 is 1.21 bits per heavy atom. The van der Waals surface area contributed by atoms with Crippen LogP contribution < -0.4 is 5.73 Å². The molecular weight excluding hydrogens is 304 g/mol. The third kappa shape index (κ3) is 2.34. The van der Waals surface area contributed by atoms with Crippen molar-refractivity contribution in [2.24, 2.45) is 10.7 Å². The van der Waals surface area contributed by atoms with Crippen molar-refractivity contribution in [2.75, 3.05) is 7.05 Å². The van der Waals surface area contributed by atoms with Crippen molar-refractivity contribution in [1.29, 1.82) is 0 Å². The summed E-state index contributed by atoms with van der Waals surface area (Å²) in [6, 6.07) is 13.6. The summed E-state index contributed by atoms with van der Waals surface area (Å²) < 4.78 is 5.83. The number of carbonyl (C=O) groups excluding carboxylic acids is 1. The molecule has 2 aromatic heterocycles. The Labute approximate surface area is 137 Å². The summed E-state index contributed by atoms with van der Waals surface area (Å²) in [4.78, 5) is 21.5. The van der Waals surface area contributed by atoms with Crippen molar-refractivity contribution in [2.45, 2.75) is 0 Å². The van der Waals surface area contributed by atoms with E-state index in [-0.39, 0.29) is 11.9 Å². The highest BCUT2D eigenvalue weighted by Gasteiger charge is 2.24. The molecule has 0 saturated heterocycles. The maximum atomic E-state index is 11.8. The summed E-state index contributed by atoms with van der Waals surface area (Å²) in [6.45, 7) is 0. The molecule has 6 nitrogen and oxygen atoms in total. The van der Waals surface area contributed by atoms with Crippen LogP contribution in [0.4, 0.5) is 0 Å². The lowest BCUT2D eigenvalue weighted by molar-refractivity contribution is -0.114. The van der Waals surface area contributed by atoms with Gasteiger partial charge in [0.15, 0.2) is 0 Å². The van der Waals surface area contributed by atoms with Gasteiger partial charge in [0.1, 0.15) is 17.2 Å². The molecular formula is C18H14N4O2. The van der Waals surface area contributed by atoms with Crippen LogP contribution in [0.5, 0.6) is 0 Å². The van der Waals surface area contributed by atoms with Gasteiger partial charge in [-0.05, 0) is 24.3 Å². The molecule has 0 spiro atoms. The van der Waals surface area contributed by atoms with Gasteiger partial charge in [-0.25, -0.2) is 0 Å².